The van der Waals surface area contributed by atoms with Gasteiger partial charge in [-0.3, -0.25) is 0 Å². The largest absolute Gasteiger partial charge is 0.400 e. The van der Waals surface area contributed by atoms with Gasteiger partial charge in [0.05, 0.1) is 0 Å². The molecule has 1 nitrogen and oxygen atoms in total. The van der Waals surface area contributed by atoms with Crippen LogP contribution in [0, 0.1) is 6.92 Å². The van der Waals surface area contributed by atoms with Crippen molar-refractivity contribution in [3.63, 3.8) is 0 Å². The van der Waals surface area contributed by atoms with Gasteiger partial charge in [-0.25, -0.2) is 0 Å². The van der Waals surface area contributed by atoms with E-state index in [0.717, 1.165) is 7.11 Å². The van der Waals surface area contributed by atoms with Gasteiger partial charge in [0, 0.05) is 7.11 Å². The van der Waals surface area contributed by atoms with Crippen molar-refractivity contribution in [3.05, 3.63) is 48.0 Å². The Morgan fingerprint density at radius 1 is 0.846 bits per heavy atom. The van der Waals surface area contributed by atoms with Crippen LogP contribution < -0.4 is 0 Å². The third-order valence-electron chi connectivity index (χ3n) is 2.01. The van der Waals surface area contributed by atoms with E-state index in [2.05, 4.69) is 49.4 Å². The lowest BCUT2D eigenvalue weighted by Gasteiger charge is -1.98. The Bertz CT molecular complexity index is 374. The van der Waals surface area contributed by atoms with Gasteiger partial charge in [0.25, 0.3) is 0 Å². The van der Waals surface area contributed by atoms with Crippen LogP contribution in [-0.4, -0.2) is 12.2 Å². The highest BCUT2D eigenvalue weighted by Crippen LogP contribution is 2.16. The predicted molar refractivity (Wildman–Crippen MR) is 56.8 cm³/mol. The van der Waals surface area contributed by atoms with Gasteiger partial charge in [0.1, 0.15) is 0 Å². The first-order chi connectivity index (χ1) is 6.38. The molecule has 0 aliphatic heterocycles. The van der Waals surface area contributed by atoms with Gasteiger partial charge in [-0.15, -0.1) is 0 Å². The molecule has 0 aliphatic rings. The van der Waals surface area contributed by atoms with Crippen LogP contribution in [0.5, 0.6) is 0 Å². The molecule has 2 aromatic rings. The van der Waals surface area contributed by atoms with Crippen LogP contribution in [0.25, 0.3) is 10.8 Å². The van der Waals surface area contributed by atoms with Gasteiger partial charge in [-0.05, 0) is 23.3 Å². The predicted octanol–water partition coefficient (Wildman–Crippen LogP) is 2.76. The van der Waals surface area contributed by atoms with E-state index in [4.69, 9.17) is 5.11 Å². The molecule has 1 N–H and O–H groups in total. The fourth-order valence-corrected chi connectivity index (χ4v) is 1.39. The smallest absolute Gasteiger partial charge is 0.0319 e. The standard InChI is InChI=1S/C11H10.CH4O/c1-9-5-4-7-10-6-2-3-8-11(9)10;1-2/h2-8H,1H3;2H,1H3. The van der Waals surface area contributed by atoms with Crippen LogP contribution in [0.4, 0.5) is 0 Å². The Balaban J connectivity index is 0.000000396. The summed E-state index contributed by atoms with van der Waals surface area (Å²) in [6, 6.07) is 14.8. The molecule has 0 saturated carbocycles. The van der Waals surface area contributed by atoms with E-state index in [1.165, 1.54) is 16.3 Å². The van der Waals surface area contributed by atoms with Crippen molar-refractivity contribution < 1.29 is 5.11 Å². The van der Waals surface area contributed by atoms with E-state index in [9.17, 15) is 0 Å². The fourth-order valence-electron chi connectivity index (χ4n) is 1.39. The molecule has 0 bridgehead atoms. The molecule has 2 rings (SSSR count). The topological polar surface area (TPSA) is 20.2 Å². The molecule has 0 heterocycles. The number of rotatable bonds is 0. The second kappa shape index (κ2) is 4.63. The lowest BCUT2D eigenvalue weighted by Crippen LogP contribution is -1.75. The minimum atomic E-state index is 1.00. The summed E-state index contributed by atoms with van der Waals surface area (Å²) in [6.45, 7) is 2.14. The van der Waals surface area contributed by atoms with Crippen LogP contribution in [0.3, 0.4) is 0 Å². The second-order valence-electron chi connectivity index (χ2n) is 2.80. The number of benzene rings is 2. The molecule has 0 fully saturated rings. The van der Waals surface area contributed by atoms with E-state index < -0.39 is 0 Å². The molecule has 2 aromatic carbocycles. The average molecular weight is 174 g/mol. The number of aliphatic hydroxyl groups is 1. The lowest BCUT2D eigenvalue weighted by molar-refractivity contribution is 0.399. The first-order valence-electron chi connectivity index (χ1n) is 4.27. The molecule has 0 amide bonds. The Morgan fingerprint density at radius 2 is 1.46 bits per heavy atom. The Kier molecular flexibility index (Phi) is 3.47. The minimum absolute atomic E-state index is 1.00. The van der Waals surface area contributed by atoms with Crippen molar-refractivity contribution in [1.29, 1.82) is 0 Å². The van der Waals surface area contributed by atoms with Crippen molar-refractivity contribution in [2.24, 2.45) is 0 Å². The zero-order valence-corrected chi connectivity index (χ0v) is 7.99. The number of fused-ring (bicyclic) bond motifs is 1. The SMILES string of the molecule is CO.Cc1cccc2ccccc12. The molecule has 0 aliphatic carbocycles. The summed E-state index contributed by atoms with van der Waals surface area (Å²) in [5.74, 6) is 0. The maximum atomic E-state index is 7.00. The molecule has 0 saturated heterocycles. The van der Waals surface area contributed by atoms with E-state index in [1.807, 2.05) is 0 Å². The number of aliphatic hydroxyl groups excluding tert-OH is 1. The van der Waals surface area contributed by atoms with Gasteiger partial charge in [-0.2, -0.15) is 0 Å². The highest BCUT2D eigenvalue weighted by Gasteiger charge is 1.91. The van der Waals surface area contributed by atoms with Gasteiger partial charge < -0.3 is 5.11 Å². The summed E-state index contributed by atoms with van der Waals surface area (Å²) in [5.41, 5.74) is 1.35. The molecule has 0 aromatic heterocycles. The van der Waals surface area contributed by atoms with Crippen LogP contribution in [0.15, 0.2) is 42.5 Å². The van der Waals surface area contributed by atoms with Gasteiger partial charge in [-0.1, -0.05) is 42.5 Å². The highest BCUT2D eigenvalue weighted by molar-refractivity contribution is 5.85. The van der Waals surface area contributed by atoms with Gasteiger partial charge in [0.15, 0.2) is 0 Å². The molecule has 68 valence electrons. The summed E-state index contributed by atoms with van der Waals surface area (Å²) in [7, 11) is 1.00. The molecule has 0 radical (unpaired) electrons. The third kappa shape index (κ3) is 2.07. The van der Waals surface area contributed by atoms with Crippen molar-refractivity contribution >= 4 is 10.8 Å². The molecule has 0 atom stereocenters. The summed E-state index contributed by atoms with van der Waals surface area (Å²) >= 11 is 0. The van der Waals surface area contributed by atoms with Crippen molar-refractivity contribution in [3.8, 4) is 0 Å². The van der Waals surface area contributed by atoms with Crippen LogP contribution >= 0.6 is 0 Å². The molecule has 0 unspecified atom stereocenters. The zero-order chi connectivity index (χ0) is 9.68. The zero-order valence-electron chi connectivity index (χ0n) is 7.99. The molecule has 0 spiro atoms. The third-order valence-corrected chi connectivity index (χ3v) is 2.01. The number of hydrogen-bond donors (Lipinski definition) is 1. The quantitative estimate of drug-likeness (QED) is 0.651. The molecule has 13 heavy (non-hydrogen) atoms. The number of aryl methyl sites for hydroxylation is 1. The monoisotopic (exact) mass is 174 g/mol. The summed E-state index contributed by atoms with van der Waals surface area (Å²) in [5, 5.41) is 9.68. The van der Waals surface area contributed by atoms with E-state index in [-0.39, 0.29) is 0 Å². The van der Waals surface area contributed by atoms with E-state index in [0.29, 0.717) is 0 Å². The van der Waals surface area contributed by atoms with Crippen molar-refractivity contribution in [1.82, 2.24) is 0 Å². The number of hydrogen-bond acceptors (Lipinski definition) is 1. The Hall–Kier alpha value is -1.34. The summed E-state index contributed by atoms with van der Waals surface area (Å²) < 4.78 is 0. The second-order valence-corrected chi connectivity index (χ2v) is 2.80. The maximum Gasteiger partial charge on any atom is 0.0319 e. The fraction of sp³-hybridized carbons (Fsp3) is 0.167. The molecular formula is C12H14O. The highest BCUT2D eigenvalue weighted by atomic mass is 16.2. The van der Waals surface area contributed by atoms with Crippen LogP contribution in [0.1, 0.15) is 5.56 Å². The minimum Gasteiger partial charge on any atom is -0.400 e. The lowest BCUT2D eigenvalue weighted by atomic mass is 10.1. The van der Waals surface area contributed by atoms with Gasteiger partial charge in [0.2, 0.25) is 0 Å². The molecule has 1 heteroatoms. The maximum absolute atomic E-state index is 7.00. The molecular weight excluding hydrogens is 160 g/mol. The van der Waals surface area contributed by atoms with Crippen LogP contribution in [-0.2, 0) is 0 Å². The normalized spacial score (nSPS) is 9.15. The summed E-state index contributed by atoms with van der Waals surface area (Å²) in [4.78, 5) is 0. The van der Waals surface area contributed by atoms with Crippen molar-refractivity contribution in [2.75, 3.05) is 7.11 Å². The van der Waals surface area contributed by atoms with Gasteiger partial charge >= 0.3 is 0 Å². The Morgan fingerprint density at radius 3 is 2.15 bits per heavy atom. The van der Waals surface area contributed by atoms with E-state index >= 15 is 0 Å². The van der Waals surface area contributed by atoms with Crippen LogP contribution in [0.2, 0.25) is 0 Å². The summed E-state index contributed by atoms with van der Waals surface area (Å²) in [6.07, 6.45) is 0. The van der Waals surface area contributed by atoms with Crippen molar-refractivity contribution in [2.45, 2.75) is 6.92 Å². The average Bonchev–Trinajstić information content (AvgIpc) is 2.22. The first-order valence-corrected chi connectivity index (χ1v) is 4.27. The van der Waals surface area contributed by atoms with E-state index in [1.54, 1.807) is 0 Å². The Labute approximate surface area is 78.6 Å². The first kappa shape index (κ1) is 9.75.